The van der Waals surface area contributed by atoms with Crippen LogP contribution in [0.5, 0.6) is 0 Å². The van der Waals surface area contributed by atoms with Crippen LogP contribution in [0.3, 0.4) is 0 Å². The van der Waals surface area contributed by atoms with Gasteiger partial charge in [0.2, 0.25) is 0 Å². The van der Waals surface area contributed by atoms with Crippen molar-refractivity contribution in [2.24, 2.45) is 0 Å². The van der Waals surface area contributed by atoms with Gasteiger partial charge in [0.1, 0.15) is 0 Å². The fraction of sp³-hybridized carbons (Fsp3) is 0.143. The molecule has 0 spiro atoms. The van der Waals surface area contributed by atoms with Crippen LogP contribution in [0.4, 0.5) is 0 Å². The van der Waals surface area contributed by atoms with Crippen molar-refractivity contribution >= 4 is 18.5 Å². The number of hydrogen-bond donors (Lipinski definition) is 2. The summed E-state index contributed by atoms with van der Waals surface area (Å²) in [7, 11) is 0. The minimum Gasteiger partial charge on any atom is -0.352 e. The SMILES string of the molecule is O=C(NCCc1ccncc1)c1ccccc1S. The van der Waals surface area contributed by atoms with Crippen LogP contribution >= 0.6 is 12.6 Å². The van der Waals surface area contributed by atoms with E-state index in [1.807, 2.05) is 24.3 Å². The molecule has 0 aliphatic carbocycles. The number of pyridine rings is 1. The molecule has 0 atom stereocenters. The minimum atomic E-state index is -0.0883. The highest BCUT2D eigenvalue weighted by atomic mass is 32.1. The Hall–Kier alpha value is -1.81. The van der Waals surface area contributed by atoms with E-state index in [2.05, 4.69) is 22.9 Å². The molecule has 0 aliphatic rings. The lowest BCUT2D eigenvalue weighted by Gasteiger charge is -2.06. The molecule has 0 fully saturated rings. The molecular weight excluding hydrogens is 244 g/mol. The van der Waals surface area contributed by atoms with E-state index in [1.165, 1.54) is 0 Å². The molecule has 0 saturated heterocycles. The molecule has 1 heterocycles. The number of thiol groups is 1. The summed E-state index contributed by atoms with van der Waals surface area (Å²) in [6, 6.07) is 11.1. The lowest BCUT2D eigenvalue weighted by Crippen LogP contribution is -2.26. The van der Waals surface area contributed by atoms with Gasteiger partial charge >= 0.3 is 0 Å². The Balaban J connectivity index is 1.88. The van der Waals surface area contributed by atoms with Crippen LogP contribution in [0, 0.1) is 0 Å². The number of carbonyl (C=O) groups excluding carboxylic acids is 1. The predicted molar refractivity (Wildman–Crippen MR) is 74.0 cm³/mol. The summed E-state index contributed by atoms with van der Waals surface area (Å²) in [5.74, 6) is -0.0883. The Bertz CT molecular complexity index is 528. The van der Waals surface area contributed by atoms with E-state index in [4.69, 9.17) is 0 Å². The van der Waals surface area contributed by atoms with Gasteiger partial charge in [-0.15, -0.1) is 12.6 Å². The van der Waals surface area contributed by atoms with Crippen molar-refractivity contribution < 1.29 is 4.79 Å². The van der Waals surface area contributed by atoms with Crippen molar-refractivity contribution in [2.75, 3.05) is 6.54 Å². The maximum atomic E-state index is 11.9. The Morgan fingerprint density at radius 3 is 2.61 bits per heavy atom. The number of aromatic nitrogens is 1. The van der Waals surface area contributed by atoms with Crippen LogP contribution < -0.4 is 5.32 Å². The fourth-order valence-electron chi connectivity index (χ4n) is 1.63. The average Bonchev–Trinajstić information content (AvgIpc) is 2.40. The summed E-state index contributed by atoms with van der Waals surface area (Å²) < 4.78 is 0. The van der Waals surface area contributed by atoms with Crippen LogP contribution in [0.25, 0.3) is 0 Å². The summed E-state index contributed by atoms with van der Waals surface area (Å²) in [5.41, 5.74) is 1.76. The van der Waals surface area contributed by atoms with Gasteiger partial charge in [0, 0.05) is 23.8 Å². The van der Waals surface area contributed by atoms with Gasteiger partial charge in [-0.25, -0.2) is 0 Å². The third-order valence-corrected chi connectivity index (χ3v) is 2.99. The van der Waals surface area contributed by atoms with Crippen molar-refractivity contribution in [1.82, 2.24) is 10.3 Å². The molecule has 3 nitrogen and oxygen atoms in total. The zero-order valence-electron chi connectivity index (χ0n) is 9.84. The maximum absolute atomic E-state index is 11.9. The van der Waals surface area contributed by atoms with Crippen molar-refractivity contribution in [2.45, 2.75) is 11.3 Å². The number of amides is 1. The minimum absolute atomic E-state index is 0.0883. The van der Waals surface area contributed by atoms with E-state index < -0.39 is 0 Å². The zero-order valence-corrected chi connectivity index (χ0v) is 10.7. The lowest BCUT2D eigenvalue weighted by molar-refractivity contribution is 0.0951. The topological polar surface area (TPSA) is 42.0 Å². The number of benzene rings is 1. The van der Waals surface area contributed by atoms with Gasteiger partial charge in [-0.2, -0.15) is 0 Å². The van der Waals surface area contributed by atoms with Gasteiger partial charge in [0.25, 0.3) is 5.91 Å². The quantitative estimate of drug-likeness (QED) is 0.827. The number of hydrogen-bond acceptors (Lipinski definition) is 3. The fourth-order valence-corrected chi connectivity index (χ4v) is 1.89. The summed E-state index contributed by atoms with van der Waals surface area (Å²) in [6.07, 6.45) is 4.29. The monoisotopic (exact) mass is 258 g/mol. The van der Waals surface area contributed by atoms with Crippen LogP contribution in [0.1, 0.15) is 15.9 Å². The molecule has 0 saturated carbocycles. The van der Waals surface area contributed by atoms with E-state index in [9.17, 15) is 4.79 Å². The summed E-state index contributed by atoms with van der Waals surface area (Å²) in [5, 5.41) is 2.88. The van der Waals surface area contributed by atoms with E-state index in [0.717, 1.165) is 12.0 Å². The van der Waals surface area contributed by atoms with Crippen LogP contribution in [0.2, 0.25) is 0 Å². The Labute approximate surface area is 112 Å². The number of nitrogens with one attached hydrogen (secondary N) is 1. The third-order valence-electron chi connectivity index (χ3n) is 2.60. The third kappa shape index (κ3) is 3.34. The van der Waals surface area contributed by atoms with Crippen molar-refractivity contribution in [3.63, 3.8) is 0 Å². The molecule has 0 aliphatic heterocycles. The van der Waals surface area contributed by atoms with E-state index in [1.54, 1.807) is 24.5 Å². The standard InChI is InChI=1S/C14H14N2OS/c17-14(12-3-1-2-4-13(12)18)16-10-7-11-5-8-15-9-6-11/h1-6,8-9,18H,7,10H2,(H,16,17). The molecule has 18 heavy (non-hydrogen) atoms. The second-order valence-electron chi connectivity index (χ2n) is 3.88. The Morgan fingerprint density at radius 2 is 1.89 bits per heavy atom. The Morgan fingerprint density at radius 1 is 1.17 bits per heavy atom. The molecule has 0 unspecified atom stereocenters. The molecule has 4 heteroatoms. The summed E-state index contributed by atoms with van der Waals surface area (Å²) in [6.45, 7) is 0.602. The summed E-state index contributed by atoms with van der Waals surface area (Å²) >= 11 is 4.26. The molecule has 2 rings (SSSR count). The normalized spacial score (nSPS) is 10.1. The maximum Gasteiger partial charge on any atom is 0.252 e. The van der Waals surface area contributed by atoms with Crippen LogP contribution in [0.15, 0.2) is 53.7 Å². The first-order chi connectivity index (χ1) is 8.77. The molecule has 2 aromatic rings. The molecule has 0 radical (unpaired) electrons. The van der Waals surface area contributed by atoms with E-state index in [0.29, 0.717) is 17.0 Å². The second kappa shape index (κ2) is 6.21. The van der Waals surface area contributed by atoms with Crippen LogP contribution in [-0.4, -0.2) is 17.4 Å². The van der Waals surface area contributed by atoms with Gasteiger partial charge in [-0.3, -0.25) is 9.78 Å². The molecule has 1 amide bonds. The predicted octanol–water partition coefficient (Wildman–Crippen LogP) is 2.34. The van der Waals surface area contributed by atoms with Crippen molar-refractivity contribution in [3.05, 3.63) is 59.9 Å². The molecule has 1 aromatic heterocycles. The Kier molecular flexibility index (Phi) is 4.36. The van der Waals surface area contributed by atoms with Gasteiger partial charge in [-0.1, -0.05) is 12.1 Å². The summed E-state index contributed by atoms with van der Waals surface area (Å²) in [4.78, 5) is 16.5. The largest absolute Gasteiger partial charge is 0.352 e. The highest BCUT2D eigenvalue weighted by Gasteiger charge is 2.07. The second-order valence-corrected chi connectivity index (χ2v) is 4.36. The van der Waals surface area contributed by atoms with Crippen molar-refractivity contribution in [1.29, 1.82) is 0 Å². The van der Waals surface area contributed by atoms with Gasteiger partial charge < -0.3 is 5.32 Å². The van der Waals surface area contributed by atoms with E-state index in [-0.39, 0.29) is 5.91 Å². The first kappa shape index (κ1) is 12.6. The average molecular weight is 258 g/mol. The lowest BCUT2D eigenvalue weighted by atomic mass is 10.2. The van der Waals surface area contributed by atoms with Gasteiger partial charge in [0.05, 0.1) is 5.56 Å². The van der Waals surface area contributed by atoms with Crippen molar-refractivity contribution in [3.8, 4) is 0 Å². The highest BCUT2D eigenvalue weighted by molar-refractivity contribution is 7.80. The zero-order chi connectivity index (χ0) is 12.8. The number of nitrogens with zero attached hydrogens (tertiary/aromatic N) is 1. The van der Waals surface area contributed by atoms with Gasteiger partial charge in [-0.05, 0) is 36.2 Å². The molecule has 1 N–H and O–H groups in total. The van der Waals surface area contributed by atoms with Gasteiger partial charge in [0.15, 0.2) is 0 Å². The first-order valence-corrected chi connectivity index (χ1v) is 6.17. The molecule has 1 aromatic carbocycles. The molecular formula is C14H14N2OS. The van der Waals surface area contributed by atoms with Crippen LogP contribution in [-0.2, 0) is 6.42 Å². The highest BCUT2D eigenvalue weighted by Crippen LogP contribution is 2.12. The molecule has 0 bridgehead atoms. The number of carbonyl (C=O) groups is 1. The first-order valence-electron chi connectivity index (χ1n) is 5.72. The van der Waals surface area contributed by atoms with E-state index >= 15 is 0 Å². The molecule has 92 valence electrons. The number of rotatable bonds is 4. The smallest absolute Gasteiger partial charge is 0.252 e.